The number of rotatable bonds is 1. The zero-order valence-corrected chi connectivity index (χ0v) is 10.8. The predicted molar refractivity (Wildman–Crippen MR) is 73.8 cm³/mol. The fourth-order valence-corrected chi connectivity index (χ4v) is 3.34. The van der Waals surface area contributed by atoms with Crippen LogP contribution in [0.5, 0.6) is 0 Å². The quantitative estimate of drug-likeness (QED) is 0.842. The average molecular weight is 247 g/mol. The highest BCUT2D eigenvalue weighted by Crippen LogP contribution is 2.33. The summed E-state index contributed by atoms with van der Waals surface area (Å²) in [6, 6.07) is 6.87. The summed E-state index contributed by atoms with van der Waals surface area (Å²) in [5.74, 6) is 0. The highest BCUT2D eigenvalue weighted by Gasteiger charge is 2.19. The molecule has 1 saturated heterocycles. The first kappa shape index (κ1) is 11.0. The van der Waals surface area contributed by atoms with E-state index in [4.69, 9.17) is 5.73 Å². The molecule has 0 radical (unpaired) electrons. The summed E-state index contributed by atoms with van der Waals surface area (Å²) in [5.41, 5.74) is 8.44. The van der Waals surface area contributed by atoms with Gasteiger partial charge in [-0.3, -0.25) is 0 Å². The van der Waals surface area contributed by atoms with Gasteiger partial charge in [0.2, 0.25) is 0 Å². The Bertz CT molecular complexity index is 526. The van der Waals surface area contributed by atoms with Crippen molar-refractivity contribution in [3.05, 3.63) is 23.9 Å². The minimum Gasteiger partial charge on any atom is -0.371 e. The topological polar surface area (TPSA) is 42.2 Å². The minimum atomic E-state index is 0.382. The van der Waals surface area contributed by atoms with Gasteiger partial charge >= 0.3 is 0 Å². The zero-order valence-electron chi connectivity index (χ0n) is 10.0. The maximum absolute atomic E-state index is 5.96. The van der Waals surface area contributed by atoms with Crippen LogP contribution in [0.15, 0.2) is 18.2 Å². The number of piperidine rings is 1. The summed E-state index contributed by atoms with van der Waals surface area (Å²) in [4.78, 5) is 2.45. The lowest BCUT2D eigenvalue weighted by molar-refractivity contribution is 0.502. The third-order valence-electron chi connectivity index (χ3n) is 3.53. The second kappa shape index (κ2) is 4.27. The van der Waals surface area contributed by atoms with Gasteiger partial charge in [0.1, 0.15) is 0 Å². The first-order valence-electron chi connectivity index (χ1n) is 6.11. The maximum Gasteiger partial charge on any atom is 0.0610 e. The number of hydrogen-bond acceptors (Lipinski definition) is 4. The standard InChI is InChI=1S/C13H17N3S/c1-9-13-11(3-2-4-12(13)17-15-9)16-7-5-10(14)6-8-16/h2-4,10H,5-8,14H2,1H3. The summed E-state index contributed by atoms with van der Waals surface area (Å²) >= 11 is 1.59. The van der Waals surface area contributed by atoms with Crippen molar-refractivity contribution in [2.75, 3.05) is 18.0 Å². The molecular weight excluding hydrogens is 230 g/mol. The second-order valence-electron chi connectivity index (χ2n) is 4.74. The number of benzene rings is 1. The molecule has 1 aromatic heterocycles. The van der Waals surface area contributed by atoms with E-state index in [-0.39, 0.29) is 0 Å². The summed E-state index contributed by atoms with van der Waals surface area (Å²) in [7, 11) is 0. The Labute approximate surface area is 105 Å². The molecule has 1 aromatic carbocycles. The van der Waals surface area contributed by atoms with E-state index in [1.54, 1.807) is 11.5 Å². The van der Waals surface area contributed by atoms with Gasteiger partial charge in [0.15, 0.2) is 0 Å². The maximum atomic E-state index is 5.96. The molecule has 1 aliphatic heterocycles. The van der Waals surface area contributed by atoms with E-state index in [0.717, 1.165) is 31.6 Å². The fraction of sp³-hybridized carbons (Fsp3) is 0.462. The normalized spacial score (nSPS) is 17.9. The lowest BCUT2D eigenvalue weighted by Crippen LogP contribution is -2.39. The molecule has 0 unspecified atom stereocenters. The second-order valence-corrected chi connectivity index (χ2v) is 5.55. The van der Waals surface area contributed by atoms with Gasteiger partial charge in [-0.05, 0) is 43.4 Å². The van der Waals surface area contributed by atoms with Crippen LogP contribution in [0.4, 0.5) is 5.69 Å². The molecule has 0 spiro atoms. The first-order chi connectivity index (χ1) is 8.25. The van der Waals surface area contributed by atoms with E-state index in [0.29, 0.717) is 6.04 Å². The SMILES string of the molecule is Cc1nsc2cccc(N3CCC(N)CC3)c12. The van der Waals surface area contributed by atoms with Gasteiger partial charge in [-0.15, -0.1) is 0 Å². The number of nitrogens with zero attached hydrogens (tertiary/aromatic N) is 2. The Balaban J connectivity index is 2.02. The highest BCUT2D eigenvalue weighted by atomic mass is 32.1. The van der Waals surface area contributed by atoms with Crippen molar-refractivity contribution < 1.29 is 0 Å². The van der Waals surface area contributed by atoms with Crippen LogP contribution < -0.4 is 10.6 Å². The van der Waals surface area contributed by atoms with Gasteiger partial charge < -0.3 is 10.6 Å². The van der Waals surface area contributed by atoms with Crippen LogP contribution in [0.25, 0.3) is 10.1 Å². The Morgan fingerprint density at radius 2 is 2.12 bits per heavy atom. The lowest BCUT2D eigenvalue weighted by atomic mass is 10.0. The molecule has 0 atom stereocenters. The molecule has 4 heteroatoms. The van der Waals surface area contributed by atoms with Crippen LogP contribution in [0.1, 0.15) is 18.5 Å². The number of fused-ring (bicyclic) bond motifs is 1. The molecule has 0 saturated carbocycles. The fourth-order valence-electron chi connectivity index (χ4n) is 2.53. The van der Waals surface area contributed by atoms with Crippen molar-refractivity contribution in [1.82, 2.24) is 4.37 Å². The summed E-state index contributed by atoms with van der Waals surface area (Å²) < 4.78 is 5.74. The van der Waals surface area contributed by atoms with Gasteiger partial charge in [0.05, 0.1) is 10.4 Å². The first-order valence-corrected chi connectivity index (χ1v) is 6.88. The monoisotopic (exact) mass is 247 g/mol. The summed E-state index contributed by atoms with van der Waals surface area (Å²) in [6.45, 7) is 4.23. The van der Waals surface area contributed by atoms with Crippen molar-refractivity contribution in [2.45, 2.75) is 25.8 Å². The van der Waals surface area contributed by atoms with E-state index in [9.17, 15) is 0 Å². The van der Waals surface area contributed by atoms with Crippen molar-refractivity contribution in [3.8, 4) is 0 Å². The van der Waals surface area contributed by atoms with Gasteiger partial charge in [-0.25, -0.2) is 0 Å². The molecular formula is C13H17N3S. The molecule has 0 bridgehead atoms. The van der Waals surface area contributed by atoms with E-state index < -0.39 is 0 Å². The molecule has 1 fully saturated rings. The average Bonchev–Trinajstić information content (AvgIpc) is 2.73. The van der Waals surface area contributed by atoms with Crippen LogP contribution in [-0.2, 0) is 0 Å². The van der Waals surface area contributed by atoms with Crippen molar-refractivity contribution in [1.29, 1.82) is 0 Å². The highest BCUT2D eigenvalue weighted by molar-refractivity contribution is 7.13. The van der Waals surface area contributed by atoms with E-state index in [2.05, 4.69) is 34.4 Å². The Kier molecular flexibility index (Phi) is 2.76. The smallest absolute Gasteiger partial charge is 0.0610 e. The van der Waals surface area contributed by atoms with Crippen LogP contribution >= 0.6 is 11.5 Å². The number of aromatic nitrogens is 1. The molecule has 2 heterocycles. The van der Waals surface area contributed by atoms with Crippen LogP contribution in [0.2, 0.25) is 0 Å². The van der Waals surface area contributed by atoms with Gasteiger partial charge in [0, 0.05) is 30.2 Å². The molecule has 90 valence electrons. The molecule has 1 aliphatic rings. The number of nitrogens with two attached hydrogens (primary N) is 1. The lowest BCUT2D eigenvalue weighted by Gasteiger charge is -2.32. The van der Waals surface area contributed by atoms with Crippen molar-refractivity contribution >= 4 is 27.3 Å². The van der Waals surface area contributed by atoms with Crippen molar-refractivity contribution in [3.63, 3.8) is 0 Å². The molecule has 2 aromatic rings. The van der Waals surface area contributed by atoms with Crippen LogP contribution in [0, 0.1) is 6.92 Å². The van der Waals surface area contributed by atoms with E-state index in [1.807, 2.05) is 0 Å². The van der Waals surface area contributed by atoms with E-state index >= 15 is 0 Å². The van der Waals surface area contributed by atoms with Crippen LogP contribution in [0.3, 0.4) is 0 Å². The number of hydrogen-bond donors (Lipinski definition) is 1. The van der Waals surface area contributed by atoms with Crippen LogP contribution in [-0.4, -0.2) is 23.5 Å². The molecule has 0 aliphatic carbocycles. The molecule has 3 nitrogen and oxygen atoms in total. The van der Waals surface area contributed by atoms with Gasteiger partial charge in [-0.2, -0.15) is 4.37 Å². The van der Waals surface area contributed by atoms with Gasteiger partial charge in [0.25, 0.3) is 0 Å². The summed E-state index contributed by atoms with van der Waals surface area (Å²) in [6.07, 6.45) is 2.18. The Morgan fingerprint density at radius 1 is 1.35 bits per heavy atom. The molecule has 17 heavy (non-hydrogen) atoms. The third-order valence-corrected chi connectivity index (χ3v) is 4.43. The number of anilines is 1. The third kappa shape index (κ3) is 1.91. The minimum absolute atomic E-state index is 0.382. The zero-order chi connectivity index (χ0) is 11.8. The molecule has 0 amide bonds. The molecule has 3 rings (SSSR count). The van der Waals surface area contributed by atoms with Gasteiger partial charge in [-0.1, -0.05) is 6.07 Å². The molecule has 2 N–H and O–H groups in total. The largest absolute Gasteiger partial charge is 0.371 e. The summed E-state index contributed by atoms with van der Waals surface area (Å²) in [5, 5.41) is 1.33. The van der Waals surface area contributed by atoms with Crippen molar-refractivity contribution in [2.24, 2.45) is 5.73 Å². The Hall–Kier alpha value is -1.13. The van der Waals surface area contributed by atoms with E-state index in [1.165, 1.54) is 15.8 Å². The Morgan fingerprint density at radius 3 is 2.88 bits per heavy atom. The predicted octanol–water partition coefficient (Wildman–Crippen LogP) is 2.53. The number of aryl methyl sites for hydroxylation is 1.